The quantitative estimate of drug-likeness (QED) is 0.873. The fourth-order valence-electron chi connectivity index (χ4n) is 2.61. The lowest BCUT2D eigenvalue weighted by Crippen LogP contribution is -2.23. The number of hydrogen-bond donors (Lipinski definition) is 1. The predicted molar refractivity (Wildman–Crippen MR) is 67.8 cm³/mol. The first-order chi connectivity index (χ1) is 7.93. The van der Waals surface area contributed by atoms with Crippen molar-refractivity contribution in [3.05, 3.63) is 17.0 Å². The number of aryl methyl sites for hydroxylation is 1. The SMILES string of the molecule is Cc1nn(CC2CCC(C)(C)O2)c(C)c1CN. The Kier molecular flexibility index (Phi) is 3.27. The highest BCUT2D eigenvalue weighted by Crippen LogP contribution is 2.30. The van der Waals surface area contributed by atoms with Crippen LogP contribution >= 0.6 is 0 Å². The minimum absolute atomic E-state index is 0.0253. The van der Waals surface area contributed by atoms with Gasteiger partial charge in [-0.25, -0.2) is 0 Å². The number of nitrogens with zero attached hydrogens (tertiary/aromatic N) is 2. The van der Waals surface area contributed by atoms with E-state index in [9.17, 15) is 0 Å². The molecule has 2 rings (SSSR count). The molecule has 4 nitrogen and oxygen atoms in total. The third-order valence-electron chi connectivity index (χ3n) is 3.67. The van der Waals surface area contributed by atoms with Crippen LogP contribution in [-0.4, -0.2) is 21.5 Å². The van der Waals surface area contributed by atoms with Crippen LogP contribution in [0.4, 0.5) is 0 Å². The van der Waals surface area contributed by atoms with E-state index in [1.807, 2.05) is 11.6 Å². The van der Waals surface area contributed by atoms with Gasteiger partial charge in [0.1, 0.15) is 0 Å². The normalized spacial score (nSPS) is 23.2. The number of hydrogen-bond acceptors (Lipinski definition) is 3. The number of ether oxygens (including phenoxy) is 1. The van der Waals surface area contributed by atoms with E-state index >= 15 is 0 Å². The summed E-state index contributed by atoms with van der Waals surface area (Å²) in [6, 6.07) is 0. The van der Waals surface area contributed by atoms with E-state index in [0.717, 1.165) is 25.1 Å². The molecule has 0 aromatic carbocycles. The summed E-state index contributed by atoms with van der Waals surface area (Å²) in [6.07, 6.45) is 2.53. The maximum atomic E-state index is 6.00. The monoisotopic (exact) mass is 237 g/mol. The van der Waals surface area contributed by atoms with Crippen LogP contribution in [0.1, 0.15) is 43.6 Å². The minimum atomic E-state index is 0.0253. The van der Waals surface area contributed by atoms with Crippen molar-refractivity contribution in [2.45, 2.75) is 65.3 Å². The largest absolute Gasteiger partial charge is 0.370 e. The number of aromatic nitrogens is 2. The lowest BCUT2D eigenvalue weighted by molar-refractivity contribution is -0.0232. The zero-order chi connectivity index (χ0) is 12.6. The average molecular weight is 237 g/mol. The van der Waals surface area contributed by atoms with Gasteiger partial charge in [-0.2, -0.15) is 5.10 Å². The second-order valence-electron chi connectivity index (χ2n) is 5.57. The Hall–Kier alpha value is -0.870. The molecule has 0 spiro atoms. The molecule has 1 unspecified atom stereocenters. The third kappa shape index (κ3) is 2.53. The molecular weight excluding hydrogens is 214 g/mol. The summed E-state index contributed by atoms with van der Waals surface area (Å²) < 4.78 is 8.04. The van der Waals surface area contributed by atoms with Gasteiger partial charge < -0.3 is 10.5 Å². The zero-order valence-electron chi connectivity index (χ0n) is 11.3. The Morgan fingerprint density at radius 3 is 2.65 bits per heavy atom. The minimum Gasteiger partial charge on any atom is -0.370 e. The summed E-state index contributed by atoms with van der Waals surface area (Å²) >= 11 is 0. The molecule has 1 fully saturated rings. The molecule has 1 atom stereocenters. The van der Waals surface area contributed by atoms with Crippen LogP contribution in [-0.2, 0) is 17.8 Å². The Bertz CT molecular complexity index is 409. The smallest absolute Gasteiger partial charge is 0.0779 e. The summed E-state index contributed by atoms with van der Waals surface area (Å²) in [5, 5.41) is 4.55. The number of nitrogens with two attached hydrogens (primary N) is 1. The van der Waals surface area contributed by atoms with Crippen LogP contribution in [0.15, 0.2) is 0 Å². The molecule has 17 heavy (non-hydrogen) atoms. The van der Waals surface area contributed by atoms with E-state index in [1.165, 1.54) is 11.3 Å². The molecule has 2 N–H and O–H groups in total. The fourth-order valence-corrected chi connectivity index (χ4v) is 2.61. The van der Waals surface area contributed by atoms with Gasteiger partial charge in [-0.05, 0) is 40.5 Å². The molecule has 0 radical (unpaired) electrons. The van der Waals surface area contributed by atoms with Gasteiger partial charge in [-0.3, -0.25) is 4.68 Å². The van der Waals surface area contributed by atoms with Crippen LogP contribution in [0.5, 0.6) is 0 Å². The lowest BCUT2D eigenvalue weighted by Gasteiger charge is -2.19. The van der Waals surface area contributed by atoms with Crippen molar-refractivity contribution in [2.75, 3.05) is 0 Å². The van der Waals surface area contributed by atoms with Crippen LogP contribution in [0.3, 0.4) is 0 Å². The molecular formula is C13H23N3O. The fraction of sp³-hybridized carbons (Fsp3) is 0.769. The van der Waals surface area contributed by atoms with E-state index in [1.54, 1.807) is 0 Å². The Morgan fingerprint density at radius 1 is 1.47 bits per heavy atom. The second kappa shape index (κ2) is 4.42. The number of rotatable bonds is 3. The van der Waals surface area contributed by atoms with Crippen LogP contribution in [0.25, 0.3) is 0 Å². The van der Waals surface area contributed by atoms with E-state index in [0.29, 0.717) is 6.54 Å². The van der Waals surface area contributed by atoms with Gasteiger partial charge in [0.25, 0.3) is 0 Å². The highest BCUT2D eigenvalue weighted by Gasteiger charge is 2.32. The molecule has 1 aromatic rings. The average Bonchev–Trinajstić information content (AvgIpc) is 2.69. The highest BCUT2D eigenvalue weighted by atomic mass is 16.5. The molecule has 1 aromatic heterocycles. The molecule has 2 heterocycles. The van der Waals surface area contributed by atoms with Crippen LogP contribution in [0.2, 0.25) is 0 Å². The van der Waals surface area contributed by atoms with Gasteiger partial charge in [0, 0.05) is 17.8 Å². The van der Waals surface area contributed by atoms with Crippen molar-refractivity contribution in [3.63, 3.8) is 0 Å². The van der Waals surface area contributed by atoms with Crippen molar-refractivity contribution in [2.24, 2.45) is 5.73 Å². The second-order valence-corrected chi connectivity index (χ2v) is 5.57. The zero-order valence-corrected chi connectivity index (χ0v) is 11.3. The summed E-state index contributed by atoms with van der Waals surface area (Å²) in [7, 11) is 0. The van der Waals surface area contributed by atoms with E-state index in [-0.39, 0.29) is 11.7 Å². The van der Waals surface area contributed by atoms with Gasteiger partial charge in [-0.15, -0.1) is 0 Å². The molecule has 96 valence electrons. The summed E-state index contributed by atoms with van der Waals surface area (Å²) in [5.74, 6) is 0. The van der Waals surface area contributed by atoms with Crippen molar-refractivity contribution < 1.29 is 4.74 Å². The van der Waals surface area contributed by atoms with Crippen molar-refractivity contribution in [1.82, 2.24) is 9.78 Å². The van der Waals surface area contributed by atoms with Gasteiger partial charge >= 0.3 is 0 Å². The van der Waals surface area contributed by atoms with Gasteiger partial charge in [0.15, 0.2) is 0 Å². The molecule has 1 aliphatic rings. The van der Waals surface area contributed by atoms with Crippen molar-refractivity contribution in [1.29, 1.82) is 0 Å². The highest BCUT2D eigenvalue weighted by molar-refractivity contribution is 5.24. The van der Waals surface area contributed by atoms with E-state index in [2.05, 4.69) is 25.9 Å². The molecule has 4 heteroatoms. The standard InChI is InChI=1S/C13H23N3O/c1-9-12(7-14)10(2)16(15-9)8-11-5-6-13(3,4)17-11/h11H,5-8,14H2,1-4H3. The Balaban J connectivity index is 2.10. The maximum Gasteiger partial charge on any atom is 0.0779 e. The van der Waals surface area contributed by atoms with Crippen LogP contribution < -0.4 is 5.73 Å². The Labute approximate surface area is 103 Å². The maximum absolute atomic E-state index is 6.00. The summed E-state index contributed by atoms with van der Waals surface area (Å²) in [6.45, 7) is 9.82. The Morgan fingerprint density at radius 2 is 2.18 bits per heavy atom. The molecule has 0 aliphatic carbocycles. The first-order valence-corrected chi connectivity index (χ1v) is 6.34. The van der Waals surface area contributed by atoms with E-state index in [4.69, 9.17) is 10.5 Å². The van der Waals surface area contributed by atoms with Gasteiger partial charge in [0.2, 0.25) is 0 Å². The molecule has 1 saturated heterocycles. The molecule has 0 bridgehead atoms. The molecule has 0 amide bonds. The molecule has 0 saturated carbocycles. The predicted octanol–water partition coefficient (Wildman–Crippen LogP) is 1.92. The first kappa shape index (κ1) is 12.6. The lowest BCUT2D eigenvalue weighted by atomic mass is 10.1. The molecule has 1 aliphatic heterocycles. The van der Waals surface area contributed by atoms with E-state index < -0.39 is 0 Å². The summed E-state index contributed by atoms with van der Waals surface area (Å²) in [5.41, 5.74) is 9.15. The van der Waals surface area contributed by atoms with Gasteiger partial charge in [0.05, 0.1) is 23.9 Å². The summed E-state index contributed by atoms with van der Waals surface area (Å²) in [4.78, 5) is 0. The van der Waals surface area contributed by atoms with Crippen LogP contribution in [0, 0.1) is 13.8 Å². The topological polar surface area (TPSA) is 53.1 Å². The first-order valence-electron chi connectivity index (χ1n) is 6.34. The van der Waals surface area contributed by atoms with Crippen molar-refractivity contribution in [3.8, 4) is 0 Å². The third-order valence-corrected chi connectivity index (χ3v) is 3.67. The van der Waals surface area contributed by atoms with Crippen molar-refractivity contribution >= 4 is 0 Å². The van der Waals surface area contributed by atoms with Gasteiger partial charge in [-0.1, -0.05) is 0 Å².